The van der Waals surface area contributed by atoms with Gasteiger partial charge in [-0.1, -0.05) is 165 Å². The first kappa shape index (κ1) is 70.0. The summed E-state index contributed by atoms with van der Waals surface area (Å²) >= 11 is 0. The first-order valence-electron chi connectivity index (χ1n) is 29.9. The molecule has 19 heteroatoms. The van der Waals surface area contributed by atoms with E-state index in [9.17, 15) is 61.0 Å². The van der Waals surface area contributed by atoms with E-state index in [-0.39, 0.29) is 18.9 Å². The van der Waals surface area contributed by atoms with Gasteiger partial charge in [-0.05, 0) is 64.2 Å². The van der Waals surface area contributed by atoms with E-state index in [1.807, 2.05) is 6.08 Å². The van der Waals surface area contributed by atoms with Crippen LogP contribution in [0.4, 0.5) is 0 Å². The average Bonchev–Trinajstić information content (AvgIpc) is 3.47. The summed E-state index contributed by atoms with van der Waals surface area (Å²) in [6.45, 7) is 1.63. The molecule has 454 valence electrons. The van der Waals surface area contributed by atoms with Gasteiger partial charge in [0.1, 0.15) is 73.2 Å². The van der Waals surface area contributed by atoms with E-state index in [1.54, 1.807) is 6.08 Å². The second-order valence-corrected chi connectivity index (χ2v) is 21.4. The van der Waals surface area contributed by atoms with Gasteiger partial charge in [-0.25, -0.2) is 0 Å². The maximum atomic E-state index is 13.3. The van der Waals surface area contributed by atoms with Crippen LogP contribution in [-0.4, -0.2) is 193 Å². The van der Waals surface area contributed by atoms with Crippen molar-refractivity contribution in [2.45, 2.75) is 291 Å². The Hall–Kier alpha value is -2.25. The molecule has 0 saturated carbocycles. The Morgan fingerprint density at radius 3 is 1.37 bits per heavy atom. The van der Waals surface area contributed by atoms with Crippen molar-refractivity contribution in [3.63, 3.8) is 0 Å². The third-order valence-electron chi connectivity index (χ3n) is 14.8. The minimum Gasteiger partial charge on any atom is -0.394 e. The lowest BCUT2D eigenvalue weighted by Gasteiger charge is -2.48. The smallest absolute Gasteiger partial charge is 0.220 e. The van der Waals surface area contributed by atoms with Gasteiger partial charge < -0.3 is 89.9 Å². The highest BCUT2D eigenvalue weighted by atomic mass is 16.8. The normalized spacial score (nSPS) is 30.8. The first-order valence-corrected chi connectivity index (χ1v) is 29.9. The lowest BCUT2D eigenvalue weighted by Crippen LogP contribution is -2.66. The Morgan fingerprint density at radius 2 is 0.859 bits per heavy atom. The Balaban J connectivity index is 1.46. The monoisotopic (exact) mass is 1120 g/mol. The van der Waals surface area contributed by atoms with Gasteiger partial charge in [-0.2, -0.15) is 0 Å². The quantitative estimate of drug-likeness (QED) is 0.0279. The third-order valence-corrected chi connectivity index (χ3v) is 14.8. The molecule has 0 aliphatic carbocycles. The standard InChI is InChI=1S/C59H105NO18/c1-3-5-7-9-11-13-15-16-17-18-19-20-21-22-23-24-25-26-27-29-31-33-35-37-47(65)60-42(43(64)36-34-32-30-28-14-12-10-8-6-4-2)41-73-57-53(71)50(68)55(45(39-62)75-57)78-59-54(72)51(69)56(46(40-63)76-59)77-58-52(70)49(67)48(66)44(38-61)74-58/h14-16,18-19,28,34,36,42-46,48-59,61-64,66-72H,3-13,17,20-27,29-33,35,37-41H2,1-2H3,(H,60,65)/b16-15-,19-18-,28-14+,36-34+. The van der Waals surface area contributed by atoms with Crippen molar-refractivity contribution in [3.8, 4) is 0 Å². The predicted octanol–water partition coefficient (Wildman–Crippen LogP) is 5.09. The summed E-state index contributed by atoms with van der Waals surface area (Å²) in [4.78, 5) is 13.3. The molecule has 3 saturated heterocycles. The van der Waals surface area contributed by atoms with Crippen LogP contribution in [0.3, 0.4) is 0 Å². The summed E-state index contributed by atoms with van der Waals surface area (Å²) in [6.07, 6.45) is 19.7. The number of ether oxygens (including phenoxy) is 6. The summed E-state index contributed by atoms with van der Waals surface area (Å²) in [5, 5.41) is 120. The Morgan fingerprint density at radius 1 is 0.462 bits per heavy atom. The van der Waals surface area contributed by atoms with Gasteiger partial charge in [0.2, 0.25) is 5.91 Å². The number of aliphatic hydroxyl groups is 11. The van der Waals surface area contributed by atoms with Crippen molar-refractivity contribution >= 4 is 5.91 Å². The molecule has 3 fully saturated rings. The van der Waals surface area contributed by atoms with Gasteiger partial charge in [-0.3, -0.25) is 4.79 Å². The number of allylic oxidation sites excluding steroid dienone is 7. The van der Waals surface area contributed by atoms with Crippen molar-refractivity contribution in [1.29, 1.82) is 0 Å². The number of amides is 1. The number of nitrogens with one attached hydrogen (secondary N) is 1. The Bertz CT molecular complexity index is 1620. The van der Waals surface area contributed by atoms with Gasteiger partial charge in [0.15, 0.2) is 18.9 Å². The number of hydrogen-bond donors (Lipinski definition) is 12. The molecule has 19 nitrogen and oxygen atoms in total. The maximum absolute atomic E-state index is 13.3. The summed E-state index contributed by atoms with van der Waals surface area (Å²) in [5.74, 6) is -0.292. The molecule has 0 spiro atoms. The molecule has 0 aromatic heterocycles. The van der Waals surface area contributed by atoms with Crippen LogP contribution in [0, 0.1) is 0 Å². The van der Waals surface area contributed by atoms with Gasteiger partial charge >= 0.3 is 0 Å². The van der Waals surface area contributed by atoms with Gasteiger partial charge in [0.25, 0.3) is 0 Å². The average molecular weight is 1120 g/mol. The van der Waals surface area contributed by atoms with Crippen LogP contribution in [0.5, 0.6) is 0 Å². The van der Waals surface area contributed by atoms with Gasteiger partial charge in [0, 0.05) is 6.42 Å². The predicted molar refractivity (Wildman–Crippen MR) is 295 cm³/mol. The van der Waals surface area contributed by atoms with Crippen LogP contribution in [0.15, 0.2) is 48.6 Å². The highest BCUT2D eigenvalue weighted by Crippen LogP contribution is 2.33. The molecule has 78 heavy (non-hydrogen) atoms. The topological polar surface area (TPSA) is 307 Å². The molecule has 17 unspecified atom stereocenters. The zero-order chi connectivity index (χ0) is 56.9. The molecular formula is C59H105NO18. The van der Waals surface area contributed by atoms with Crippen LogP contribution < -0.4 is 5.32 Å². The molecule has 0 aromatic carbocycles. The second-order valence-electron chi connectivity index (χ2n) is 21.4. The van der Waals surface area contributed by atoms with Crippen LogP contribution in [0.1, 0.15) is 187 Å². The fourth-order valence-electron chi connectivity index (χ4n) is 9.88. The van der Waals surface area contributed by atoms with Crippen LogP contribution in [-0.2, 0) is 33.2 Å². The second kappa shape index (κ2) is 42.6. The summed E-state index contributed by atoms with van der Waals surface area (Å²) in [5.41, 5.74) is 0. The van der Waals surface area contributed by atoms with Crippen LogP contribution in [0.25, 0.3) is 0 Å². The van der Waals surface area contributed by atoms with Gasteiger partial charge in [0.05, 0.1) is 38.6 Å². The van der Waals surface area contributed by atoms with Crippen molar-refractivity contribution in [1.82, 2.24) is 5.32 Å². The fraction of sp³-hybridized carbons (Fsp3) is 0.847. The van der Waals surface area contributed by atoms with Crippen LogP contribution in [0.2, 0.25) is 0 Å². The largest absolute Gasteiger partial charge is 0.394 e. The fourth-order valence-corrected chi connectivity index (χ4v) is 9.88. The molecule has 0 radical (unpaired) electrons. The first-order chi connectivity index (χ1) is 37.8. The molecule has 1 amide bonds. The molecule has 3 heterocycles. The molecule has 17 atom stereocenters. The minimum atomic E-state index is -1.98. The zero-order valence-electron chi connectivity index (χ0n) is 47.1. The SMILES string of the molecule is CCCCCC/C=C/CC/C=C/C(O)C(COC1OC(CO)C(OC2OC(CO)C(OC3OC(CO)C(O)C(O)C3O)C(O)C2O)C(O)C1O)NC(=O)CCCCCCCCCCCCC/C=C\C/C=C\CCCCCCC. The minimum absolute atomic E-state index is 0.232. The van der Waals surface area contributed by atoms with E-state index in [0.717, 1.165) is 57.8 Å². The lowest BCUT2D eigenvalue weighted by molar-refractivity contribution is -0.379. The number of unbranched alkanes of at least 4 members (excludes halogenated alkanes) is 21. The lowest BCUT2D eigenvalue weighted by atomic mass is 9.96. The van der Waals surface area contributed by atoms with E-state index in [1.165, 1.54) is 96.3 Å². The van der Waals surface area contributed by atoms with E-state index in [4.69, 9.17) is 28.4 Å². The zero-order valence-corrected chi connectivity index (χ0v) is 47.1. The van der Waals surface area contributed by atoms with Crippen molar-refractivity contribution in [2.24, 2.45) is 0 Å². The van der Waals surface area contributed by atoms with Crippen molar-refractivity contribution < 1.29 is 89.4 Å². The summed E-state index contributed by atoms with van der Waals surface area (Å²) in [7, 11) is 0. The molecule has 3 rings (SSSR count). The highest BCUT2D eigenvalue weighted by Gasteiger charge is 2.53. The molecular weight excluding hydrogens is 1010 g/mol. The van der Waals surface area contributed by atoms with E-state index < -0.39 is 124 Å². The van der Waals surface area contributed by atoms with Crippen LogP contribution >= 0.6 is 0 Å². The number of carbonyl (C=O) groups is 1. The number of hydrogen-bond acceptors (Lipinski definition) is 18. The number of rotatable bonds is 43. The molecule has 12 N–H and O–H groups in total. The molecule has 0 bridgehead atoms. The van der Waals surface area contributed by atoms with E-state index in [2.05, 4.69) is 55.6 Å². The van der Waals surface area contributed by atoms with E-state index >= 15 is 0 Å². The van der Waals surface area contributed by atoms with Gasteiger partial charge in [-0.15, -0.1) is 0 Å². The molecule has 0 aromatic rings. The van der Waals surface area contributed by atoms with E-state index in [0.29, 0.717) is 12.8 Å². The third kappa shape index (κ3) is 26.3. The number of carbonyl (C=O) groups excluding carboxylic acids is 1. The van der Waals surface area contributed by atoms with Crippen molar-refractivity contribution in [3.05, 3.63) is 48.6 Å². The van der Waals surface area contributed by atoms with Crippen molar-refractivity contribution in [2.75, 3.05) is 26.4 Å². The Labute approximate surface area is 465 Å². The highest BCUT2D eigenvalue weighted by molar-refractivity contribution is 5.76. The summed E-state index contributed by atoms with van der Waals surface area (Å²) < 4.78 is 34.2. The Kier molecular flexibility index (Phi) is 38.2. The summed E-state index contributed by atoms with van der Waals surface area (Å²) in [6, 6.07) is -0.989. The molecule has 3 aliphatic heterocycles. The molecule has 3 aliphatic rings. The number of aliphatic hydroxyl groups excluding tert-OH is 11. The maximum Gasteiger partial charge on any atom is 0.220 e.